The molecule has 0 unspecified atom stereocenters. The molecule has 1 N–H and O–H groups in total. The zero-order chi connectivity index (χ0) is 11.3. The molecular weight excluding hydrogens is 216 g/mol. The molecule has 0 aromatic carbocycles. The summed E-state index contributed by atoms with van der Waals surface area (Å²) in [6, 6.07) is 0.413. The Balaban J connectivity index is 2.20. The standard InChI is InChI=1S/C9H20N2O3S/c1-11(2)15(12,13)8-5-10-9-3-6-14-7-4-9/h9-10H,3-8H2,1-2H3. The highest BCUT2D eigenvalue weighted by molar-refractivity contribution is 7.89. The van der Waals surface area contributed by atoms with Crippen LogP contribution < -0.4 is 5.32 Å². The van der Waals surface area contributed by atoms with Gasteiger partial charge in [0, 0.05) is 39.9 Å². The van der Waals surface area contributed by atoms with E-state index in [0.29, 0.717) is 12.6 Å². The third kappa shape index (κ3) is 4.46. The van der Waals surface area contributed by atoms with Crippen molar-refractivity contribution in [3.63, 3.8) is 0 Å². The van der Waals surface area contributed by atoms with Crippen molar-refractivity contribution >= 4 is 10.0 Å². The number of nitrogens with one attached hydrogen (secondary N) is 1. The maximum absolute atomic E-state index is 11.4. The monoisotopic (exact) mass is 236 g/mol. The van der Waals surface area contributed by atoms with E-state index in [1.165, 1.54) is 4.31 Å². The molecule has 0 atom stereocenters. The zero-order valence-electron chi connectivity index (χ0n) is 9.40. The molecule has 0 aliphatic carbocycles. The van der Waals surface area contributed by atoms with Gasteiger partial charge >= 0.3 is 0 Å². The lowest BCUT2D eigenvalue weighted by molar-refractivity contribution is 0.0785. The van der Waals surface area contributed by atoms with Crippen molar-refractivity contribution in [2.24, 2.45) is 0 Å². The summed E-state index contributed by atoms with van der Waals surface area (Å²) in [5, 5.41) is 3.25. The molecule has 1 aliphatic rings. The summed E-state index contributed by atoms with van der Waals surface area (Å²) in [4.78, 5) is 0. The fourth-order valence-corrected chi connectivity index (χ4v) is 2.22. The first-order valence-electron chi connectivity index (χ1n) is 5.24. The Kier molecular flexibility index (Phi) is 4.98. The molecule has 15 heavy (non-hydrogen) atoms. The molecule has 6 heteroatoms. The fourth-order valence-electron chi connectivity index (χ4n) is 1.48. The largest absolute Gasteiger partial charge is 0.381 e. The van der Waals surface area contributed by atoms with E-state index in [1.807, 2.05) is 0 Å². The smallest absolute Gasteiger partial charge is 0.214 e. The highest BCUT2D eigenvalue weighted by atomic mass is 32.2. The van der Waals surface area contributed by atoms with Gasteiger partial charge in [-0.1, -0.05) is 0 Å². The first-order valence-corrected chi connectivity index (χ1v) is 6.84. The third-order valence-corrected chi connectivity index (χ3v) is 4.40. The van der Waals surface area contributed by atoms with E-state index in [4.69, 9.17) is 4.74 Å². The maximum atomic E-state index is 11.4. The van der Waals surface area contributed by atoms with Gasteiger partial charge in [0.2, 0.25) is 10.0 Å². The molecule has 0 aromatic heterocycles. The number of hydrogen-bond acceptors (Lipinski definition) is 4. The van der Waals surface area contributed by atoms with E-state index in [1.54, 1.807) is 14.1 Å². The van der Waals surface area contributed by atoms with Crippen LogP contribution in [-0.2, 0) is 14.8 Å². The molecule has 1 saturated heterocycles. The summed E-state index contributed by atoms with van der Waals surface area (Å²) in [6.07, 6.45) is 1.95. The molecule has 0 bridgehead atoms. The molecule has 90 valence electrons. The van der Waals surface area contributed by atoms with Gasteiger partial charge in [-0.3, -0.25) is 0 Å². The number of sulfonamides is 1. The van der Waals surface area contributed by atoms with Gasteiger partial charge in [-0.2, -0.15) is 0 Å². The second kappa shape index (κ2) is 5.79. The van der Waals surface area contributed by atoms with E-state index in [9.17, 15) is 8.42 Å². The summed E-state index contributed by atoms with van der Waals surface area (Å²) in [6.45, 7) is 2.07. The molecule has 0 radical (unpaired) electrons. The Morgan fingerprint density at radius 2 is 1.93 bits per heavy atom. The van der Waals surface area contributed by atoms with Gasteiger partial charge in [-0.25, -0.2) is 12.7 Å². The second-order valence-electron chi connectivity index (χ2n) is 3.94. The van der Waals surface area contributed by atoms with E-state index in [0.717, 1.165) is 26.1 Å². The second-order valence-corrected chi connectivity index (χ2v) is 6.24. The van der Waals surface area contributed by atoms with Crippen LogP contribution in [0.2, 0.25) is 0 Å². The Morgan fingerprint density at radius 3 is 2.47 bits per heavy atom. The van der Waals surface area contributed by atoms with Gasteiger partial charge in [0.25, 0.3) is 0 Å². The van der Waals surface area contributed by atoms with Gasteiger partial charge in [-0.05, 0) is 12.8 Å². The van der Waals surface area contributed by atoms with Crippen LogP contribution in [0, 0.1) is 0 Å². The molecular formula is C9H20N2O3S. The van der Waals surface area contributed by atoms with Gasteiger partial charge in [-0.15, -0.1) is 0 Å². The predicted molar refractivity (Wildman–Crippen MR) is 59.3 cm³/mol. The van der Waals surface area contributed by atoms with Crippen LogP contribution in [0.3, 0.4) is 0 Å². The van der Waals surface area contributed by atoms with Gasteiger partial charge in [0.15, 0.2) is 0 Å². The van der Waals surface area contributed by atoms with Crippen LogP contribution in [0.4, 0.5) is 0 Å². The quantitative estimate of drug-likeness (QED) is 0.708. The van der Waals surface area contributed by atoms with E-state index in [2.05, 4.69) is 5.32 Å². The molecule has 1 rings (SSSR count). The van der Waals surface area contributed by atoms with Gasteiger partial charge in [0.1, 0.15) is 0 Å². The molecule has 0 aromatic rings. The number of ether oxygens (including phenoxy) is 1. The number of hydrogen-bond donors (Lipinski definition) is 1. The van der Waals surface area contributed by atoms with Crippen molar-refractivity contribution in [3.05, 3.63) is 0 Å². The molecule has 1 heterocycles. The molecule has 1 fully saturated rings. The number of rotatable bonds is 5. The van der Waals surface area contributed by atoms with Crippen molar-refractivity contribution in [2.45, 2.75) is 18.9 Å². The van der Waals surface area contributed by atoms with Crippen LogP contribution in [0.1, 0.15) is 12.8 Å². The molecule has 0 spiro atoms. The lowest BCUT2D eigenvalue weighted by Gasteiger charge is -2.23. The van der Waals surface area contributed by atoms with Gasteiger partial charge < -0.3 is 10.1 Å². The van der Waals surface area contributed by atoms with Crippen molar-refractivity contribution < 1.29 is 13.2 Å². The minimum Gasteiger partial charge on any atom is -0.381 e. The third-order valence-electron chi connectivity index (χ3n) is 2.57. The van der Waals surface area contributed by atoms with Crippen molar-refractivity contribution in [2.75, 3.05) is 39.6 Å². The molecule has 0 amide bonds. The molecule has 0 saturated carbocycles. The minimum absolute atomic E-state index is 0.164. The first-order chi connectivity index (χ1) is 7.02. The average Bonchev–Trinajstić information content (AvgIpc) is 2.19. The Hall–Kier alpha value is -0.170. The first kappa shape index (κ1) is 12.9. The lowest BCUT2D eigenvalue weighted by Crippen LogP contribution is -2.39. The Bertz CT molecular complexity index is 271. The zero-order valence-corrected chi connectivity index (χ0v) is 10.2. The Morgan fingerprint density at radius 1 is 1.33 bits per heavy atom. The van der Waals surface area contributed by atoms with Crippen molar-refractivity contribution in [3.8, 4) is 0 Å². The van der Waals surface area contributed by atoms with Crippen LogP contribution in [-0.4, -0.2) is 58.4 Å². The predicted octanol–water partition coefficient (Wildman–Crippen LogP) is -0.354. The van der Waals surface area contributed by atoms with Crippen LogP contribution >= 0.6 is 0 Å². The van der Waals surface area contributed by atoms with E-state index >= 15 is 0 Å². The van der Waals surface area contributed by atoms with Crippen LogP contribution in [0.25, 0.3) is 0 Å². The SMILES string of the molecule is CN(C)S(=O)(=O)CCNC1CCOCC1. The van der Waals surface area contributed by atoms with Gasteiger partial charge in [0.05, 0.1) is 5.75 Å². The van der Waals surface area contributed by atoms with Crippen LogP contribution in [0.15, 0.2) is 0 Å². The summed E-state index contributed by atoms with van der Waals surface area (Å²) in [5.41, 5.74) is 0. The topological polar surface area (TPSA) is 58.6 Å². The Labute approximate surface area is 91.8 Å². The van der Waals surface area contributed by atoms with E-state index in [-0.39, 0.29) is 5.75 Å². The van der Waals surface area contributed by atoms with Crippen molar-refractivity contribution in [1.29, 1.82) is 0 Å². The highest BCUT2D eigenvalue weighted by Crippen LogP contribution is 2.05. The average molecular weight is 236 g/mol. The molecule has 1 aliphatic heterocycles. The number of nitrogens with zero attached hydrogens (tertiary/aromatic N) is 1. The summed E-state index contributed by atoms with van der Waals surface area (Å²) >= 11 is 0. The van der Waals surface area contributed by atoms with Crippen molar-refractivity contribution in [1.82, 2.24) is 9.62 Å². The maximum Gasteiger partial charge on any atom is 0.214 e. The lowest BCUT2D eigenvalue weighted by atomic mass is 10.1. The summed E-state index contributed by atoms with van der Waals surface area (Å²) in [7, 11) is 0.0592. The fraction of sp³-hybridized carbons (Fsp3) is 1.00. The molecule has 5 nitrogen and oxygen atoms in total. The summed E-state index contributed by atoms with van der Waals surface area (Å²) in [5.74, 6) is 0.164. The summed E-state index contributed by atoms with van der Waals surface area (Å²) < 4.78 is 29.3. The minimum atomic E-state index is -3.06. The normalized spacial score (nSPS) is 19.7. The van der Waals surface area contributed by atoms with E-state index < -0.39 is 10.0 Å². The highest BCUT2D eigenvalue weighted by Gasteiger charge is 2.16. The van der Waals surface area contributed by atoms with Crippen LogP contribution in [0.5, 0.6) is 0 Å².